The van der Waals surface area contributed by atoms with E-state index in [0.717, 1.165) is 6.07 Å². The van der Waals surface area contributed by atoms with Crippen molar-refractivity contribution in [2.45, 2.75) is 0 Å². The maximum atomic E-state index is 10.6. The van der Waals surface area contributed by atoms with Gasteiger partial charge in [-0.25, -0.2) is 0 Å². The second-order valence-corrected chi connectivity index (χ2v) is 2.47. The van der Waals surface area contributed by atoms with E-state index in [4.69, 9.17) is 10.5 Å². The lowest BCUT2D eigenvalue weighted by Gasteiger charge is -2.01. The van der Waals surface area contributed by atoms with Crippen LogP contribution in [0.2, 0.25) is 0 Å². The number of methoxy groups -OCH3 is 1. The van der Waals surface area contributed by atoms with Gasteiger partial charge in [0.2, 0.25) is 0 Å². The molecule has 0 aliphatic rings. The summed E-state index contributed by atoms with van der Waals surface area (Å²) in [4.78, 5) is 20.5. The molecular weight excluding hydrogens is 188 g/mol. The quantitative estimate of drug-likeness (QED) is 0.531. The zero-order chi connectivity index (χ0) is 10.7. The van der Waals surface area contributed by atoms with E-state index in [-0.39, 0.29) is 17.0 Å². The predicted molar refractivity (Wildman–Crippen MR) is 47.1 cm³/mol. The molecule has 1 aromatic carbocycles. The molecule has 0 aliphatic carbocycles. The van der Waals surface area contributed by atoms with Crippen LogP contribution < -0.4 is 10.5 Å². The lowest BCUT2D eigenvalue weighted by Crippen LogP contribution is -2.01. The molecule has 0 atom stereocenters. The largest absolute Gasteiger partial charge is 0.490 e. The molecule has 6 heteroatoms. The Bertz CT molecular complexity index is 389. The average Bonchev–Trinajstić information content (AvgIpc) is 2.16. The number of rotatable bonds is 3. The zero-order valence-corrected chi connectivity index (χ0v) is 7.31. The summed E-state index contributed by atoms with van der Waals surface area (Å²) < 4.78 is 4.73. The number of amides is 1. The van der Waals surface area contributed by atoms with Gasteiger partial charge >= 0.3 is 5.69 Å². The number of nitro groups is 1. The SMILES string of the molecule is COc1ccc(C([NH])=O)cc1[N+](=O)[O-]. The molecule has 1 N–H and O–H groups in total. The smallest absolute Gasteiger partial charge is 0.311 e. The Morgan fingerprint density at radius 2 is 2.21 bits per heavy atom. The maximum absolute atomic E-state index is 10.6. The van der Waals surface area contributed by atoms with Crippen molar-refractivity contribution in [3.63, 3.8) is 0 Å². The summed E-state index contributed by atoms with van der Waals surface area (Å²) in [6.45, 7) is 0. The number of nitro benzene ring substituents is 1. The Morgan fingerprint density at radius 1 is 1.57 bits per heavy atom. The fraction of sp³-hybridized carbons (Fsp3) is 0.125. The molecular formula is C8H7N2O4. The van der Waals surface area contributed by atoms with Crippen molar-refractivity contribution in [3.05, 3.63) is 33.9 Å². The van der Waals surface area contributed by atoms with Gasteiger partial charge in [0.25, 0.3) is 5.91 Å². The topological polar surface area (TPSA) is 93.2 Å². The van der Waals surface area contributed by atoms with Crippen molar-refractivity contribution in [1.82, 2.24) is 5.73 Å². The lowest BCUT2D eigenvalue weighted by molar-refractivity contribution is -0.385. The van der Waals surface area contributed by atoms with Crippen molar-refractivity contribution in [3.8, 4) is 5.75 Å². The van der Waals surface area contributed by atoms with E-state index in [1.54, 1.807) is 0 Å². The van der Waals surface area contributed by atoms with Crippen LogP contribution in [0.3, 0.4) is 0 Å². The third kappa shape index (κ3) is 1.79. The Balaban J connectivity index is 3.27. The molecule has 0 unspecified atom stereocenters. The van der Waals surface area contributed by atoms with E-state index in [2.05, 4.69) is 0 Å². The van der Waals surface area contributed by atoms with Crippen molar-refractivity contribution in [1.29, 1.82) is 0 Å². The van der Waals surface area contributed by atoms with Gasteiger partial charge in [0.1, 0.15) is 0 Å². The zero-order valence-electron chi connectivity index (χ0n) is 7.31. The molecule has 1 aromatic rings. The Kier molecular flexibility index (Phi) is 2.66. The van der Waals surface area contributed by atoms with E-state index in [0.29, 0.717) is 0 Å². The Hall–Kier alpha value is -2.11. The molecule has 0 fully saturated rings. The fourth-order valence-corrected chi connectivity index (χ4v) is 0.974. The van der Waals surface area contributed by atoms with Gasteiger partial charge in [0.15, 0.2) is 5.75 Å². The van der Waals surface area contributed by atoms with E-state index in [9.17, 15) is 14.9 Å². The van der Waals surface area contributed by atoms with Crippen molar-refractivity contribution < 1.29 is 14.5 Å². The van der Waals surface area contributed by atoms with Crippen LogP contribution in [0.4, 0.5) is 5.69 Å². The minimum absolute atomic E-state index is 0.0301. The third-order valence-electron chi connectivity index (χ3n) is 1.64. The molecule has 6 nitrogen and oxygen atoms in total. The van der Waals surface area contributed by atoms with Crippen LogP contribution in [-0.2, 0) is 0 Å². The maximum Gasteiger partial charge on any atom is 0.311 e. The molecule has 1 rings (SSSR count). The standard InChI is InChI=1S/C8H7N2O4/c1-14-7-3-2-5(8(9)11)4-6(7)10(12)13/h2-4,9H,1H3. The molecule has 0 bridgehead atoms. The first kappa shape index (κ1) is 9.97. The van der Waals surface area contributed by atoms with Gasteiger partial charge in [0, 0.05) is 11.6 Å². The summed E-state index contributed by atoms with van der Waals surface area (Å²) in [5, 5.41) is 10.5. The first-order valence-electron chi connectivity index (χ1n) is 3.64. The van der Waals surface area contributed by atoms with E-state index in [1.807, 2.05) is 0 Å². The van der Waals surface area contributed by atoms with Gasteiger partial charge in [-0.2, -0.15) is 0 Å². The van der Waals surface area contributed by atoms with Gasteiger partial charge in [-0.05, 0) is 12.1 Å². The summed E-state index contributed by atoms with van der Waals surface area (Å²) >= 11 is 0. The van der Waals surface area contributed by atoms with E-state index in [1.165, 1.54) is 19.2 Å². The molecule has 0 spiro atoms. The van der Waals surface area contributed by atoms with E-state index >= 15 is 0 Å². The number of carbonyl (C=O) groups excluding carboxylic acids is 1. The third-order valence-corrected chi connectivity index (χ3v) is 1.64. The Morgan fingerprint density at radius 3 is 2.64 bits per heavy atom. The summed E-state index contributed by atoms with van der Waals surface area (Å²) in [7, 11) is 1.30. The van der Waals surface area contributed by atoms with E-state index < -0.39 is 10.8 Å². The summed E-state index contributed by atoms with van der Waals surface area (Å²) in [5.74, 6) is -0.893. The first-order valence-corrected chi connectivity index (χ1v) is 3.64. The van der Waals surface area contributed by atoms with Crippen LogP contribution in [0.25, 0.3) is 0 Å². The number of carbonyl (C=O) groups is 1. The molecule has 1 radical (unpaired) electrons. The fourth-order valence-electron chi connectivity index (χ4n) is 0.974. The number of nitrogens with one attached hydrogen (secondary N) is 1. The van der Waals surface area contributed by atoms with Crippen molar-refractivity contribution >= 4 is 11.6 Å². The molecule has 73 valence electrons. The molecule has 0 saturated carbocycles. The van der Waals surface area contributed by atoms with Crippen LogP contribution in [0.1, 0.15) is 10.4 Å². The summed E-state index contributed by atoms with van der Waals surface area (Å²) in [6.07, 6.45) is 0. The highest BCUT2D eigenvalue weighted by Gasteiger charge is 2.16. The van der Waals surface area contributed by atoms with Crippen molar-refractivity contribution in [2.75, 3.05) is 7.11 Å². The summed E-state index contributed by atoms with van der Waals surface area (Å²) in [6, 6.07) is 3.62. The average molecular weight is 195 g/mol. The van der Waals surface area contributed by atoms with Crippen molar-refractivity contribution in [2.24, 2.45) is 0 Å². The number of benzene rings is 1. The van der Waals surface area contributed by atoms with Crippen LogP contribution in [0.15, 0.2) is 18.2 Å². The molecule has 0 saturated heterocycles. The minimum atomic E-state index is -0.962. The molecule has 0 heterocycles. The first-order chi connectivity index (χ1) is 6.56. The number of hydrogen-bond donors (Lipinski definition) is 0. The monoisotopic (exact) mass is 195 g/mol. The van der Waals surface area contributed by atoms with Gasteiger partial charge in [-0.15, -0.1) is 0 Å². The highest BCUT2D eigenvalue weighted by Crippen LogP contribution is 2.27. The van der Waals surface area contributed by atoms with Crippen LogP contribution >= 0.6 is 0 Å². The molecule has 14 heavy (non-hydrogen) atoms. The predicted octanol–water partition coefficient (Wildman–Crippen LogP) is 1.03. The van der Waals surface area contributed by atoms with Gasteiger partial charge in [0.05, 0.1) is 12.0 Å². The second kappa shape index (κ2) is 3.73. The molecule has 0 aliphatic heterocycles. The highest BCUT2D eigenvalue weighted by atomic mass is 16.6. The Labute approximate surface area is 79.4 Å². The normalized spacial score (nSPS) is 9.50. The lowest BCUT2D eigenvalue weighted by atomic mass is 10.2. The van der Waals surface area contributed by atoms with Crippen LogP contribution in [-0.4, -0.2) is 17.9 Å². The number of nitrogens with zero attached hydrogens (tertiary/aromatic N) is 1. The van der Waals surface area contributed by atoms with Crippen LogP contribution in [0, 0.1) is 10.1 Å². The minimum Gasteiger partial charge on any atom is -0.490 e. The van der Waals surface area contributed by atoms with Gasteiger partial charge in [-0.3, -0.25) is 20.6 Å². The van der Waals surface area contributed by atoms with Gasteiger partial charge < -0.3 is 4.74 Å². The summed E-state index contributed by atoms with van der Waals surface area (Å²) in [5.41, 5.74) is 6.44. The van der Waals surface area contributed by atoms with Gasteiger partial charge in [-0.1, -0.05) is 0 Å². The number of ether oxygens (including phenoxy) is 1. The number of hydrogen-bond acceptors (Lipinski definition) is 4. The van der Waals surface area contributed by atoms with Crippen LogP contribution in [0.5, 0.6) is 5.75 Å². The molecule has 0 aromatic heterocycles. The highest BCUT2D eigenvalue weighted by molar-refractivity contribution is 5.93. The molecule has 1 amide bonds. The second-order valence-electron chi connectivity index (χ2n) is 2.47.